The van der Waals surface area contributed by atoms with E-state index in [1.54, 1.807) is 13.8 Å². The van der Waals surface area contributed by atoms with Crippen molar-refractivity contribution in [3.63, 3.8) is 0 Å². The number of aliphatic hydroxyl groups is 1. The Morgan fingerprint density at radius 1 is 1.50 bits per heavy atom. The highest BCUT2D eigenvalue weighted by atomic mass is 32.1. The van der Waals surface area contributed by atoms with Gasteiger partial charge in [-0.2, -0.15) is 0 Å². The maximum atomic E-state index is 9.74. The summed E-state index contributed by atoms with van der Waals surface area (Å²) in [7, 11) is 0. The van der Waals surface area contributed by atoms with E-state index >= 15 is 0 Å². The van der Waals surface area contributed by atoms with E-state index in [4.69, 9.17) is 0 Å². The highest BCUT2D eigenvalue weighted by molar-refractivity contribution is 7.10. The second-order valence-electron chi connectivity index (χ2n) is 3.68. The minimum atomic E-state index is -0.852. The van der Waals surface area contributed by atoms with E-state index in [-0.39, 0.29) is 0 Å². The fourth-order valence-electron chi connectivity index (χ4n) is 1.17. The molecular weight excluding hydrogens is 196 g/mol. The number of aromatic amines is 1. The number of aromatic nitrogens is 2. The standard InChI is InChI=1S/C10H12N2OS/c1-10(2,13)9-12-8(6-14-9)7-4-3-5-11-7/h3-6,11,13H,1-2H3. The summed E-state index contributed by atoms with van der Waals surface area (Å²) in [6, 6.07) is 3.89. The third-order valence-electron chi connectivity index (χ3n) is 1.90. The summed E-state index contributed by atoms with van der Waals surface area (Å²) in [5, 5.41) is 12.4. The lowest BCUT2D eigenvalue weighted by Crippen LogP contribution is -2.14. The van der Waals surface area contributed by atoms with Gasteiger partial charge >= 0.3 is 0 Å². The van der Waals surface area contributed by atoms with Crippen molar-refractivity contribution in [1.29, 1.82) is 0 Å². The summed E-state index contributed by atoms with van der Waals surface area (Å²) in [6.07, 6.45) is 1.86. The predicted octanol–water partition coefficient (Wildman–Crippen LogP) is 2.37. The van der Waals surface area contributed by atoms with Crippen LogP contribution < -0.4 is 0 Å². The van der Waals surface area contributed by atoms with Crippen molar-refractivity contribution in [3.8, 4) is 11.4 Å². The lowest BCUT2D eigenvalue weighted by atomic mass is 10.1. The SMILES string of the molecule is CC(C)(O)c1nc(-c2ccc[nH]2)cs1. The normalized spacial score (nSPS) is 11.9. The van der Waals surface area contributed by atoms with Gasteiger partial charge in [-0.1, -0.05) is 0 Å². The molecule has 2 aromatic heterocycles. The molecule has 2 rings (SSSR count). The van der Waals surface area contributed by atoms with Gasteiger partial charge in [0.15, 0.2) is 0 Å². The van der Waals surface area contributed by atoms with E-state index < -0.39 is 5.60 Å². The molecule has 0 aromatic carbocycles. The van der Waals surface area contributed by atoms with E-state index in [1.807, 2.05) is 23.7 Å². The van der Waals surface area contributed by atoms with Gasteiger partial charge in [0, 0.05) is 11.6 Å². The van der Waals surface area contributed by atoms with E-state index in [2.05, 4.69) is 9.97 Å². The van der Waals surface area contributed by atoms with Gasteiger partial charge in [0.25, 0.3) is 0 Å². The van der Waals surface area contributed by atoms with Crippen molar-refractivity contribution in [2.75, 3.05) is 0 Å². The average Bonchev–Trinajstić information content (AvgIpc) is 2.73. The van der Waals surface area contributed by atoms with Crippen LogP contribution in [0.4, 0.5) is 0 Å². The monoisotopic (exact) mass is 208 g/mol. The first kappa shape index (κ1) is 9.43. The largest absolute Gasteiger partial charge is 0.383 e. The molecule has 3 nitrogen and oxygen atoms in total. The zero-order valence-corrected chi connectivity index (χ0v) is 8.93. The number of H-pyrrole nitrogens is 1. The topological polar surface area (TPSA) is 48.9 Å². The molecule has 0 aliphatic rings. The molecule has 2 N–H and O–H groups in total. The Balaban J connectivity index is 2.36. The van der Waals surface area contributed by atoms with Gasteiger partial charge in [-0.15, -0.1) is 11.3 Å². The molecule has 0 bridgehead atoms. The zero-order valence-electron chi connectivity index (χ0n) is 8.11. The van der Waals surface area contributed by atoms with Crippen LogP contribution >= 0.6 is 11.3 Å². The molecule has 4 heteroatoms. The molecule has 74 valence electrons. The number of nitrogens with one attached hydrogen (secondary N) is 1. The van der Waals surface area contributed by atoms with Gasteiger partial charge in [0.2, 0.25) is 0 Å². The van der Waals surface area contributed by atoms with Crippen LogP contribution in [-0.4, -0.2) is 15.1 Å². The van der Waals surface area contributed by atoms with Gasteiger partial charge in [0.1, 0.15) is 10.6 Å². The molecule has 0 saturated carbocycles. The van der Waals surface area contributed by atoms with Crippen molar-refractivity contribution in [2.24, 2.45) is 0 Å². The molecule has 14 heavy (non-hydrogen) atoms. The molecular formula is C10H12N2OS. The van der Waals surface area contributed by atoms with Crippen molar-refractivity contribution in [1.82, 2.24) is 9.97 Å². The zero-order chi connectivity index (χ0) is 10.2. The third-order valence-corrected chi connectivity index (χ3v) is 3.06. The minimum absolute atomic E-state index is 0.738. The Labute approximate surface area is 86.4 Å². The molecule has 2 heterocycles. The Bertz CT molecular complexity index is 412. The molecule has 0 atom stereocenters. The maximum absolute atomic E-state index is 9.74. The fourth-order valence-corrected chi connectivity index (χ4v) is 2.01. The van der Waals surface area contributed by atoms with Gasteiger partial charge in [-0.05, 0) is 26.0 Å². The van der Waals surface area contributed by atoms with Crippen LogP contribution in [-0.2, 0) is 5.60 Å². The number of hydrogen-bond donors (Lipinski definition) is 2. The van der Waals surface area contributed by atoms with Crippen LogP contribution in [0.5, 0.6) is 0 Å². The summed E-state index contributed by atoms with van der Waals surface area (Å²) in [5.74, 6) is 0. The fraction of sp³-hybridized carbons (Fsp3) is 0.300. The minimum Gasteiger partial charge on any atom is -0.383 e. The van der Waals surface area contributed by atoms with Gasteiger partial charge < -0.3 is 10.1 Å². The Hall–Kier alpha value is -1.13. The molecule has 0 aliphatic heterocycles. The molecule has 0 aliphatic carbocycles. The van der Waals surface area contributed by atoms with Gasteiger partial charge in [-0.25, -0.2) is 4.98 Å². The number of nitrogens with zero attached hydrogens (tertiary/aromatic N) is 1. The van der Waals surface area contributed by atoms with Crippen LogP contribution in [0, 0.1) is 0 Å². The molecule has 0 fully saturated rings. The average molecular weight is 208 g/mol. The van der Waals surface area contributed by atoms with Crippen LogP contribution in [0.2, 0.25) is 0 Å². The summed E-state index contributed by atoms with van der Waals surface area (Å²) in [5.41, 5.74) is 1.02. The van der Waals surface area contributed by atoms with Gasteiger partial charge in [0.05, 0.1) is 11.4 Å². The molecule has 0 radical (unpaired) electrons. The van der Waals surface area contributed by atoms with E-state index in [0.29, 0.717) is 0 Å². The lowest BCUT2D eigenvalue weighted by Gasteiger charge is -2.12. The summed E-state index contributed by atoms with van der Waals surface area (Å²) in [4.78, 5) is 7.44. The molecule has 2 aromatic rings. The van der Waals surface area contributed by atoms with Crippen molar-refractivity contribution in [3.05, 3.63) is 28.7 Å². The second-order valence-corrected chi connectivity index (χ2v) is 4.54. The Morgan fingerprint density at radius 3 is 2.79 bits per heavy atom. The summed E-state index contributed by atoms with van der Waals surface area (Å²) >= 11 is 1.47. The highest BCUT2D eigenvalue weighted by Crippen LogP contribution is 2.27. The number of hydrogen-bond acceptors (Lipinski definition) is 3. The van der Waals surface area contributed by atoms with Crippen LogP contribution in [0.3, 0.4) is 0 Å². The highest BCUT2D eigenvalue weighted by Gasteiger charge is 2.20. The number of rotatable bonds is 2. The van der Waals surface area contributed by atoms with Crippen molar-refractivity contribution >= 4 is 11.3 Å². The summed E-state index contributed by atoms with van der Waals surface area (Å²) in [6.45, 7) is 3.48. The number of thiazole rings is 1. The third kappa shape index (κ3) is 1.71. The quantitative estimate of drug-likeness (QED) is 0.796. The molecule has 0 spiro atoms. The maximum Gasteiger partial charge on any atom is 0.125 e. The predicted molar refractivity (Wildman–Crippen MR) is 57.1 cm³/mol. The first-order valence-corrected chi connectivity index (χ1v) is 5.27. The smallest absolute Gasteiger partial charge is 0.125 e. The second kappa shape index (κ2) is 3.22. The molecule has 0 saturated heterocycles. The van der Waals surface area contributed by atoms with Crippen LogP contribution in [0.15, 0.2) is 23.7 Å². The van der Waals surface area contributed by atoms with Crippen molar-refractivity contribution in [2.45, 2.75) is 19.4 Å². The first-order chi connectivity index (χ1) is 6.57. The first-order valence-electron chi connectivity index (χ1n) is 4.39. The summed E-state index contributed by atoms with van der Waals surface area (Å²) < 4.78 is 0. The molecule has 0 amide bonds. The van der Waals surface area contributed by atoms with E-state index in [1.165, 1.54) is 11.3 Å². The molecule has 0 unspecified atom stereocenters. The van der Waals surface area contributed by atoms with Crippen LogP contribution in [0.25, 0.3) is 11.4 Å². The van der Waals surface area contributed by atoms with Gasteiger partial charge in [-0.3, -0.25) is 0 Å². The Morgan fingerprint density at radius 2 is 2.29 bits per heavy atom. The van der Waals surface area contributed by atoms with Crippen molar-refractivity contribution < 1.29 is 5.11 Å². The van der Waals surface area contributed by atoms with E-state index in [0.717, 1.165) is 16.4 Å². The van der Waals surface area contributed by atoms with Crippen LogP contribution in [0.1, 0.15) is 18.9 Å². The lowest BCUT2D eigenvalue weighted by molar-refractivity contribution is 0.0783. The van der Waals surface area contributed by atoms with E-state index in [9.17, 15) is 5.11 Å². The Kier molecular flexibility index (Phi) is 2.17.